The van der Waals surface area contributed by atoms with Crippen LogP contribution in [0.2, 0.25) is 0 Å². The molecule has 3 fully saturated rings. The minimum atomic E-state index is 0.337. The summed E-state index contributed by atoms with van der Waals surface area (Å²) in [7, 11) is 0. The zero-order valence-corrected chi connectivity index (χ0v) is 20.9. The molecule has 2 heterocycles. The van der Waals surface area contributed by atoms with Crippen LogP contribution >= 0.6 is 0 Å². The SMILES string of the molecule is CCCC1=NCC(C23CCC(CNc4cccc(C5=CN=C(C6CCCCC6)C5)c4)(CC2)C3)=N1. The molecule has 1 aromatic carbocycles. The van der Waals surface area contributed by atoms with Gasteiger partial charge in [0.15, 0.2) is 0 Å². The molecule has 34 heavy (non-hydrogen) atoms. The molecule has 0 spiro atoms. The van der Waals surface area contributed by atoms with Crippen molar-refractivity contribution in [3.63, 3.8) is 0 Å². The summed E-state index contributed by atoms with van der Waals surface area (Å²) < 4.78 is 0. The number of nitrogens with one attached hydrogen (secondary N) is 1. The quantitative estimate of drug-likeness (QED) is 0.433. The van der Waals surface area contributed by atoms with Gasteiger partial charge in [0.05, 0.1) is 6.54 Å². The molecular weight excluding hydrogens is 416 g/mol. The van der Waals surface area contributed by atoms with Crippen LogP contribution in [0.25, 0.3) is 5.57 Å². The number of aliphatic imine (C=N–C) groups is 3. The van der Waals surface area contributed by atoms with Crippen molar-refractivity contribution in [2.45, 2.75) is 90.4 Å². The third-order valence-electron chi connectivity index (χ3n) is 9.48. The molecule has 1 N–H and O–H groups in total. The second-order valence-electron chi connectivity index (χ2n) is 11.7. The molecule has 4 heteroatoms. The van der Waals surface area contributed by atoms with Crippen molar-refractivity contribution in [1.29, 1.82) is 0 Å². The van der Waals surface area contributed by atoms with Crippen molar-refractivity contribution in [2.24, 2.45) is 31.7 Å². The maximum atomic E-state index is 5.00. The lowest BCUT2D eigenvalue weighted by Crippen LogP contribution is -2.27. The van der Waals surface area contributed by atoms with Gasteiger partial charge in [-0.1, -0.05) is 38.3 Å². The Morgan fingerprint density at radius 1 is 1.06 bits per heavy atom. The maximum absolute atomic E-state index is 5.00. The van der Waals surface area contributed by atoms with E-state index < -0.39 is 0 Å². The number of amidine groups is 1. The third kappa shape index (κ3) is 4.18. The van der Waals surface area contributed by atoms with E-state index in [2.05, 4.69) is 42.7 Å². The van der Waals surface area contributed by atoms with Crippen LogP contribution in [0.5, 0.6) is 0 Å². The van der Waals surface area contributed by atoms with E-state index in [0.29, 0.717) is 10.8 Å². The van der Waals surface area contributed by atoms with Crippen molar-refractivity contribution in [3.05, 3.63) is 36.0 Å². The number of hydrogen-bond donors (Lipinski definition) is 1. The highest BCUT2D eigenvalue weighted by atomic mass is 15.0. The fourth-order valence-electron chi connectivity index (χ4n) is 7.43. The van der Waals surface area contributed by atoms with E-state index in [1.165, 1.54) is 92.5 Å². The molecule has 2 aliphatic heterocycles. The lowest BCUT2D eigenvalue weighted by Gasteiger charge is -2.28. The smallest absolute Gasteiger partial charge is 0.123 e. The van der Waals surface area contributed by atoms with Gasteiger partial charge in [0.2, 0.25) is 0 Å². The van der Waals surface area contributed by atoms with Crippen LogP contribution in [-0.4, -0.2) is 30.3 Å². The predicted octanol–water partition coefficient (Wildman–Crippen LogP) is 7.47. The van der Waals surface area contributed by atoms with Crippen LogP contribution in [-0.2, 0) is 0 Å². The first kappa shape index (κ1) is 22.2. The molecule has 0 saturated heterocycles. The van der Waals surface area contributed by atoms with Gasteiger partial charge < -0.3 is 5.32 Å². The third-order valence-corrected chi connectivity index (χ3v) is 9.48. The van der Waals surface area contributed by atoms with Gasteiger partial charge in [0.25, 0.3) is 0 Å². The Labute approximate surface area is 205 Å². The summed E-state index contributed by atoms with van der Waals surface area (Å²) in [6.07, 6.45) is 18.7. The van der Waals surface area contributed by atoms with Gasteiger partial charge in [-0.2, -0.15) is 0 Å². The highest BCUT2D eigenvalue weighted by Crippen LogP contribution is 2.62. The van der Waals surface area contributed by atoms with Crippen molar-refractivity contribution >= 4 is 28.5 Å². The second-order valence-corrected chi connectivity index (χ2v) is 11.7. The van der Waals surface area contributed by atoms with Crippen LogP contribution in [0.15, 0.2) is 45.4 Å². The van der Waals surface area contributed by atoms with Crippen molar-refractivity contribution in [3.8, 4) is 0 Å². The summed E-state index contributed by atoms with van der Waals surface area (Å²) in [5, 5.41) is 3.85. The number of allylic oxidation sites excluding steroid dienone is 1. The molecule has 0 radical (unpaired) electrons. The van der Waals surface area contributed by atoms with E-state index >= 15 is 0 Å². The van der Waals surface area contributed by atoms with E-state index in [0.717, 1.165) is 44.1 Å². The molecule has 3 aliphatic carbocycles. The van der Waals surface area contributed by atoms with Gasteiger partial charge in [-0.15, -0.1) is 0 Å². The molecule has 0 amide bonds. The Kier molecular flexibility index (Phi) is 5.95. The van der Waals surface area contributed by atoms with Crippen LogP contribution in [0, 0.1) is 16.7 Å². The van der Waals surface area contributed by atoms with Gasteiger partial charge in [-0.25, -0.2) is 4.99 Å². The number of anilines is 1. The predicted molar refractivity (Wildman–Crippen MR) is 144 cm³/mol. The molecule has 5 aliphatic rings. The first-order valence-electron chi connectivity index (χ1n) is 13.9. The number of rotatable bonds is 8. The van der Waals surface area contributed by atoms with Gasteiger partial charge in [-0.05, 0) is 86.0 Å². The molecule has 0 aromatic heterocycles. The van der Waals surface area contributed by atoms with Gasteiger partial charge in [-0.3, -0.25) is 9.98 Å². The van der Waals surface area contributed by atoms with Crippen LogP contribution in [0.4, 0.5) is 5.69 Å². The molecule has 0 atom stereocenters. The van der Waals surface area contributed by atoms with Crippen molar-refractivity contribution in [2.75, 3.05) is 18.4 Å². The highest BCUT2D eigenvalue weighted by Gasteiger charge is 2.56. The first-order chi connectivity index (χ1) is 16.7. The molecule has 2 bridgehead atoms. The van der Waals surface area contributed by atoms with E-state index in [9.17, 15) is 0 Å². The zero-order chi connectivity index (χ0) is 23.0. The first-order valence-corrected chi connectivity index (χ1v) is 13.9. The summed E-state index contributed by atoms with van der Waals surface area (Å²) in [6.45, 7) is 4.16. The molecule has 180 valence electrons. The van der Waals surface area contributed by atoms with E-state index in [1.54, 1.807) is 0 Å². The number of fused-ring (bicyclic) bond motifs is 2. The van der Waals surface area contributed by atoms with Gasteiger partial charge >= 0.3 is 0 Å². The Hall–Kier alpha value is -2.23. The van der Waals surface area contributed by atoms with Crippen LogP contribution < -0.4 is 5.32 Å². The van der Waals surface area contributed by atoms with Crippen LogP contribution in [0.1, 0.15) is 96.0 Å². The second kappa shape index (κ2) is 9.09. The Morgan fingerprint density at radius 2 is 1.91 bits per heavy atom. The highest BCUT2D eigenvalue weighted by molar-refractivity contribution is 6.07. The Morgan fingerprint density at radius 3 is 2.74 bits per heavy atom. The summed E-state index contributed by atoms with van der Waals surface area (Å²) in [6, 6.07) is 9.06. The fraction of sp³-hybridized carbons (Fsp3) is 0.633. The van der Waals surface area contributed by atoms with E-state index in [4.69, 9.17) is 15.0 Å². The average Bonchev–Trinajstić information content (AvgIpc) is 3.68. The van der Waals surface area contributed by atoms with E-state index in [1.807, 2.05) is 0 Å². The monoisotopic (exact) mass is 456 g/mol. The topological polar surface area (TPSA) is 49.1 Å². The maximum Gasteiger partial charge on any atom is 0.123 e. The fourth-order valence-corrected chi connectivity index (χ4v) is 7.43. The molecule has 1 aromatic rings. The average molecular weight is 457 g/mol. The summed E-state index contributed by atoms with van der Waals surface area (Å²) in [5.41, 5.74) is 7.59. The van der Waals surface area contributed by atoms with E-state index in [-0.39, 0.29) is 0 Å². The molecule has 6 rings (SSSR count). The summed E-state index contributed by atoms with van der Waals surface area (Å²) in [4.78, 5) is 14.6. The summed E-state index contributed by atoms with van der Waals surface area (Å²) in [5.74, 6) is 1.82. The molecule has 3 saturated carbocycles. The number of nitrogens with zero attached hydrogens (tertiary/aromatic N) is 3. The van der Waals surface area contributed by atoms with Crippen molar-refractivity contribution < 1.29 is 0 Å². The molecular formula is C30H40N4. The van der Waals surface area contributed by atoms with Crippen LogP contribution in [0.3, 0.4) is 0 Å². The van der Waals surface area contributed by atoms with Gasteiger partial charge in [0.1, 0.15) is 5.84 Å². The standard InChI is InChI=1S/C30H40N4/c1-2-7-28-32-19-27(34-28)30-14-12-29(20-30,13-15-30)21-33-25-11-6-10-23(16-25)24-17-26(31-18-24)22-8-4-3-5-9-22/h6,10-11,16,18,22,33H,2-5,7-9,12-15,17,19-21H2,1H3. The molecule has 4 nitrogen and oxygen atoms in total. The van der Waals surface area contributed by atoms with Gasteiger partial charge in [0, 0.05) is 48.1 Å². The Bertz CT molecular complexity index is 1050. The lowest BCUT2D eigenvalue weighted by atomic mass is 9.79. The lowest BCUT2D eigenvalue weighted by molar-refractivity contribution is 0.312. The van der Waals surface area contributed by atoms with Crippen molar-refractivity contribution in [1.82, 2.24) is 0 Å². The normalized spacial score (nSPS) is 30.9. The number of hydrogen-bond acceptors (Lipinski definition) is 4. The Balaban J connectivity index is 1.07. The minimum Gasteiger partial charge on any atom is -0.384 e. The summed E-state index contributed by atoms with van der Waals surface area (Å²) >= 11 is 0. The molecule has 0 unspecified atom stereocenters. The zero-order valence-electron chi connectivity index (χ0n) is 20.9. The largest absolute Gasteiger partial charge is 0.384 e. The number of benzene rings is 1. The minimum absolute atomic E-state index is 0.337.